The molecular weight excluding hydrogens is 268 g/mol. The second-order valence-corrected chi connectivity index (χ2v) is 12.3. The lowest BCUT2D eigenvalue weighted by molar-refractivity contribution is -0.142. The van der Waals surface area contributed by atoms with Crippen LogP contribution in [0, 0.1) is 5.92 Å². The molecule has 0 amide bonds. The van der Waals surface area contributed by atoms with E-state index in [1.54, 1.807) is 0 Å². The monoisotopic (exact) mass is 296 g/mol. The van der Waals surface area contributed by atoms with Crippen LogP contribution < -0.4 is 0 Å². The highest BCUT2D eigenvalue weighted by Gasteiger charge is 2.58. The first kappa shape index (κ1) is 15.8. The second-order valence-electron chi connectivity index (χ2n) is 7.55. The van der Waals surface area contributed by atoms with E-state index in [4.69, 9.17) is 9.16 Å². The summed E-state index contributed by atoms with van der Waals surface area (Å²) in [5.74, 6) is 0.236. The molecule has 0 unspecified atom stereocenters. The molecule has 0 aromatic heterocycles. The van der Waals surface area contributed by atoms with Crippen molar-refractivity contribution in [2.24, 2.45) is 5.92 Å². The van der Waals surface area contributed by atoms with E-state index in [1.165, 1.54) is 0 Å². The molecule has 20 heavy (non-hydrogen) atoms. The van der Waals surface area contributed by atoms with E-state index < -0.39 is 8.32 Å². The minimum Gasteiger partial charge on any atom is -0.463 e. The van der Waals surface area contributed by atoms with Crippen LogP contribution in [-0.2, 0) is 14.0 Å². The maximum absolute atomic E-state index is 12.2. The highest BCUT2D eigenvalue weighted by Crippen LogP contribution is 2.55. The van der Waals surface area contributed by atoms with Crippen molar-refractivity contribution in [2.45, 2.75) is 70.7 Å². The Hall–Kier alpha value is -0.613. The summed E-state index contributed by atoms with van der Waals surface area (Å²) in [7, 11) is -1.89. The molecule has 2 aliphatic rings. The third-order valence-corrected chi connectivity index (χ3v) is 9.71. The molecule has 3 nitrogen and oxygen atoms in total. The molecule has 0 radical (unpaired) electrons. The lowest BCUT2D eigenvalue weighted by atomic mass is 9.72. The molecule has 2 rings (SSSR count). The summed E-state index contributed by atoms with van der Waals surface area (Å²) in [6, 6.07) is 0. The predicted molar refractivity (Wildman–Crippen MR) is 83.1 cm³/mol. The molecule has 0 aromatic carbocycles. The van der Waals surface area contributed by atoms with Gasteiger partial charge in [-0.2, -0.15) is 0 Å². The molecule has 0 spiro atoms. The van der Waals surface area contributed by atoms with Crippen LogP contribution in [0.2, 0.25) is 18.1 Å². The van der Waals surface area contributed by atoms with Crippen LogP contribution in [0.4, 0.5) is 0 Å². The fourth-order valence-electron chi connectivity index (χ4n) is 3.04. The van der Waals surface area contributed by atoms with Crippen molar-refractivity contribution in [3.63, 3.8) is 0 Å². The van der Waals surface area contributed by atoms with Crippen LogP contribution in [0.5, 0.6) is 0 Å². The SMILES string of the molecule is CCOC(=O)C1=C[C@@H]2CCC[C@@]12O[Si](C)(C)C(C)(C)C. The van der Waals surface area contributed by atoms with Gasteiger partial charge in [0.25, 0.3) is 0 Å². The van der Waals surface area contributed by atoms with Crippen LogP contribution in [0.25, 0.3) is 0 Å². The Morgan fingerprint density at radius 3 is 2.60 bits per heavy atom. The Kier molecular flexibility index (Phi) is 3.93. The van der Waals surface area contributed by atoms with Crippen molar-refractivity contribution in [2.75, 3.05) is 6.61 Å². The van der Waals surface area contributed by atoms with Crippen LogP contribution in [0.1, 0.15) is 47.0 Å². The predicted octanol–water partition coefficient (Wildman–Crippen LogP) is 4.05. The van der Waals surface area contributed by atoms with E-state index in [0.29, 0.717) is 12.5 Å². The van der Waals surface area contributed by atoms with Gasteiger partial charge in [0.05, 0.1) is 17.8 Å². The number of esters is 1. The molecule has 0 aliphatic heterocycles. The number of carbonyl (C=O) groups is 1. The van der Waals surface area contributed by atoms with E-state index >= 15 is 0 Å². The molecule has 2 atom stereocenters. The second kappa shape index (κ2) is 4.99. The van der Waals surface area contributed by atoms with E-state index in [9.17, 15) is 4.79 Å². The Morgan fingerprint density at radius 2 is 2.10 bits per heavy atom. The zero-order chi connectivity index (χ0) is 15.2. The highest BCUT2D eigenvalue weighted by atomic mass is 28.4. The third kappa shape index (κ3) is 2.37. The van der Waals surface area contributed by atoms with Gasteiger partial charge in [0.1, 0.15) is 0 Å². The van der Waals surface area contributed by atoms with Crippen LogP contribution in [0.3, 0.4) is 0 Å². The lowest BCUT2D eigenvalue weighted by Crippen LogP contribution is -2.57. The Labute approximate surface area is 123 Å². The van der Waals surface area contributed by atoms with Crippen molar-refractivity contribution in [3.05, 3.63) is 11.6 Å². The van der Waals surface area contributed by atoms with Crippen molar-refractivity contribution < 1.29 is 14.0 Å². The van der Waals surface area contributed by atoms with Gasteiger partial charge in [-0.05, 0) is 44.3 Å². The van der Waals surface area contributed by atoms with Gasteiger partial charge in [0.15, 0.2) is 8.32 Å². The quantitative estimate of drug-likeness (QED) is 0.580. The summed E-state index contributed by atoms with van der Waals surface area (Å²) in [6.07, 6.45) is 5.32. The Morgan fingerprint density at radius 1 is 1.45 bits per heavy atom. The fraction of sp³-hybridized carbons (Fsp3) is 0.812. The molecule has 0 saturated heterocycles. The molecule has 0 N–H and O–H groups in total. The normalized spacial score (nSPS) is 29.5. The van der Waals surface area contributed by atoms with E-state index in [0.717, 1.165) is 24.8 Å². The van der Waals surface area contributed by atoms with Gasteiger partial charge >= 0.3 is 5.97 Å². The molecule has 0 heterocycles. The van der Waals surface area contributed by atoms with Crippen molar-refractivity contribution in [1.29, 1.82) is 0 Å². The smallest absolute Gasteiger partial charge is 0.336 e. The van der Waals surface area contributed by atoms with Gasteiger partial charge in [0, 0.05) is 5.92 Å². The first-order valence-corrected chi connectivity index (χ1v) is 10.6. The summed E-state index contributed by atoms with van der Waals surface area (Å²) < 4.78 is 11.9. The summed E-state index contributed by atoms with van der Waals surface area (Å²) in [4.78, 5) is 12.2. The number of ether oxygens (including phenoxy) is 1. The fourth-order valence-corrected chi connectivity index (χ4v) is 4.62. The number of hydrogen-bond acceptors (Lipinski definition) is 3. The van der Waals surface area contributed by atoms with Crippen molar-refractivity contribution in [3.8, 4) is 0 Å². The van der Waals surface area contributed by atoms with E-state index in [2.05, 4.69) is 39.9 Å². The highest BCUT2D eigenvalue weighted by molar-refractivity contribution is 6.74. The molecule has 1 fully saturated rings. The van der Waals surface area contributed by atoms with Crippen LogP contribution in [0.15, 0.2) is 11.6 Å². The average molecular weight is 296 g/mol. The molecular formula is C16H28O3Si. The molecule has 1 saturated carbocycles. The topological polar surface area (TPSA) is 35.5 Å². The number of hydrogen-bond donors (Lipinski definition) is 0. The van der Waals surface area contributed by atoms with Crippen molar-refractivity contribution >= 4 is 14.3 Å². The van der Waals surface area contributed by atoms with Crippen LogP contribution in [-0.4, -0.2) is 26.5 Å². The minimum absolute atomic E-state index is 0.157. The van der Waals surface area contributed by atoms with E-state index in [1.807, 2.05) is 6.92 Å². The summed E-state index contributed by atoms with van der Waals surface area (Å²) in [5.41, 5.74) is 0.446. The number of carbonyl (C=O) groups excluding carboxylic acids is 1. The van der Waals surface area contributed by atoms with Gasteiger partial charge in [-0.3, -0.25) is 0 Å². The first-order valence-electron chi connectivity index (χ1n) is 7.73. The molecule has 114 valence electrons. The zero-order valence-electron chi connectivity index (χ0n) is 13.7. The number of fused-ring (bicyclic) bond motifs is 1. The van der Waals surface area contributed by atoms with E-state index in [-0.39, 0.29) is 16.6 Å². The summed E-state index contributed by atoms with van der Waals surface area (Å²) in [5, 5.41) is 0.157. The van der Waals surface area contributed by atoms with Gasteiger partial charge in [-0.1, -0.05) is 26.8 Å². The standard InChI is InChI=1S/C16H28O3Si/c1-7-18-14(17)13-11-12-9-8-10-16(12,13)19-20(5,6)15(2,3)4/h11-12H,7-10H2,1-6H3/t12-,16-/m0/s1. The van der Waals surface area contributed by atoms with Gasteiger partial charge in [-0.15, -0.1) is 0 Å². The van der Waals surface area contributed by atoms with Crippen LogP contribution >= 0.6 is 0 Å². The maximum Gasteiger partial charge on any atom is 0.336 e. The zero-order valence-corrected chi connectivity index (χ0v) is 14.7. The lowest BCUT2D eigenvalue weighted by Gasteiger charge is -2.50. The number of rotatable bonds is 4. The van der Waals surface area contributed by atoms with Gasteiger partial charge < -0.3 is 9.16 Å². The Bertz CT molecular complexity index is 433. The molecule has 0 bridgehead atoms. The molecule has 0 aromatic rings. The first-order chi connectivity index (χ1) is 9.14. The van der Waals surface area contributed by atoms with Gasteiger partial charge in [-0.25, -0.2) is 4.79 Å². The summed E-state index contributed by atoms with van der Waals surface area (Å²) in [6.45, 7) is 13.5. The Balaban J connectivity index is 2.24. The maximum atomic E-state index is 12.2. The average Bonchev–Trinajstić information content (AvgIpc) is 2.56. The third-order valence-electron chi connectivity index (χ3n) is 5.22. The van der Waals surface area contributed by atoms with Gasteiger partial charge in [0.2, 0.25) is 0 Å². The minimum atomic E-state index is -1.89. The largest absolute Gasteiger partial charge is 0.463 e. The molecule has 4 heteroatoms. The molecule has 2 aliphatic carbocycles. The summed E-state index contributed by atoms with van der Waals surface area (Å²) >= 11 is 0. The van der Waals surface area contributed by atoms with Crippen molar-refractivity contribution in [1.82, 2.24) is 0 Å².